The van der Waals surface area contributed by atoms with Crippen molar-refractivity contribution in [3.63, 3.8) is 0 Å². The quantitative estimate of drug-likeness (QED) is 0.0820. The summed E-state index contributed by atoms with van der Waals surface area (Å²) < 4.78 is 26.3. The van der Waals surface area contributed by atoms with Gasteiger partial charge in [-0.3, -0.25) is 4.79 Å². The second-order valence-electron chi connectivity index (χ2n) is 11.0. The number of hydrogen-bond acceptors (Lipinski definition) is 18. The highest BCUT2D eigenvalue weighted by Gasteiger charge is 2.52. The van der Waals surface area contributed by atoms with Crippen molar-refractivity contribution in [2.45, 2.75) is 67.8 Å². The SMILES string of the molecule is O=C(O)C1OC(OC(=O)C2OC(Oc3cc(O)c4c(=O)cc(-c5cc(O)c(O)c(CCO)c5)oc4c3)C(O)C(O)C2O)C(O)C(O)C1O. The molecule has 11 N–H and O–H groups in total. The van der Waals surface area contributed by atoms with Crippen molar-refractivity contribution < 1.29 is 89.1 Å². The molecule has 3 aromatic rings. The summed E-state index contributed by atoms with van der Waals surface area (Å²) in [6.07, 6.45) is -21.4. The minimum absolute atomic E-state index is 0.0508. The summed E-state index contributed by atoms with van der Waals surface area (Å²) in [6.45, 7) is -0.374. The van der Waals surface area contributed by atoms with Crippen LogP contribution in [0, 0.1) is 0 Å². The number of carbonyl (C=O) groups excluding carboxylic acids is 1. The molecule has 0 spiro atoms. The van der Waals surface area contributed by atoms with Crippen LogP contribution in [0.5, 0.6) is 23.0 Å². The molecule has 19 nitrogen and oxygen atoms in total. The molecule has 2 saturated heterocycles. The Morgan fingerprint density at radius 2 is 1.38 bits per heavy atom. The number of hydrogen-bond donors (Lipinski definition) is 11. The van der Waals surface area contributed by atoms with Gasteiger partial charge in [0.05, 0.1) is 0 Å². The van der Waals surface area contributed by atoms with E-state index in [1.807, 2.05) is 0 Å². The minimum atomic E-state index is -2.19. The molecule has 2 aromatic carbocycles. The van der Waals surface area contributed by atoms with E-state index in [9.17, 15) is 70.6 Å². The van der Waals surface area contributed by atoms with Gasteiger partial charge in [0.15, 0.2) is 29.1 Å². The first-order valence-corrected chi connectivity index (χ1v) is 14.1. The van der Waals surface area contributed by atoms with Gasteiger partial charge in [0, 0.05) is 35.9 Å². The van der Waals surface area contributed by atoms with Crippen molar-refractivity contribution in [2.75, 3.05) is 6.61 Å². The number of benzene rings is 2. The Balaban J connectivity index is 1.41. The first-order chi connectivity index (χ1) is 22.6. The number of phenolic OH excluding ortho intramolecular Hbond substituents is 3. The summed E-state index contributed by atoms with van der Waals surface area (Å²) >= 11 is 0. The average Bonchev–Trinajstić information content (AvgIpc) is 3.03. The number of rotatable bonds is 8. The van der Waals surface area contributed by atoms with E-state index in [2.05, 4.69) is 0 Å². The van der Waals surface area contributed by atoms with Crippen LogP contribution in [0.25, 0.3) is 22.3 Å². The van der Waals surface area contributed by atoms with Crippen molar-refractivity contribution in [3.05, 3.63) is 46.1 Å². The molecular formula is C29H30O19. The van der Waals surface area contributed by atoms with Gasteiger partial charge in [0.2, 0.25) is 12.6 Å². The second kappa shape index (κ2) is 13.5. The topological polar surface area (TPSA) is 324 Å². The highest BCUT2D eigenvalue weighted by molar-refractivity contribution is 5.86. The number of aliphatic carboxylic acids is 1. The maximum atomic E-state index is 12.9. The largest absolute Gasteiger partial charge is 0.507 e. The first kappa shape index (κ1) is 34.8. The Labute approximate surface area is 267 Å². The zero-order chi connectivity index (χ0) is 35.2. The molecule has 1 aromatic heterocycles. The molecule has 0 aliphatic carbocycles. The van der Waals surface area contributed by atoms with Gasteiger partial charge in [-0.2, -0.15) is 0 Å². The molecule has 2 fully saturated rings. The van der Waals surface area contributed by atoms with Gasteiger partial charge < -0.3 is 79.5 Å². The van der Waals surface area contributed by atoms with Gasteiger partial charge >= 0.3 is 11.9 Å². The second-order valence-corrected chi connectivity index (χ2v) is 11.0. The summed E-state index contributed by atoms with van der Waals surface area (Å²) in [5, 5.41) is 110. The van der Waals surface area contributed by atoms with Crippen LogP contribution in [0.1, 0.15) is 5.56 Å². The molecule has 3 heterocycles. The van der Waals surface area contributed by atoms with Crippen LogP contribution in [-0.2, 0) is 30.2 Å². The van der Waals surface area contributed by atoms with Crippen molar-refractivity contribution in [2.24, 2.45) is 0 Å². The van der Waals surface area contributed by atoms with E-state index in [0.29, 0.717) is 0 Å². The lowest BCUT2D eigenvalue weighted by Gasteiger charge is -2.41. The van der Waals surface area contributed by atoms with Crippen LogP contribution >= 0.6 is 0 Å². The van der Waals surface area contributed by atoms with E-state index in [0.717, 1.165) is 24.3 Å². The highest BCUT2D eigenvalue weighted by Crippen LogP contribution is 2.37. The predicted molar refractivity (Wildman–Crippen MR) is 151 cm³/mol. The van der Waals surface area contributed by atoms with Crippen molar-refractivity contribution in [3.8, 4) is 34.3 Å². The van der Waals surface area contributed by atoms with Crippen LogP contribution in [0.2, 0.25) is 0 Å². The molecule has 0 radical (unpaired) electrons. The molecule has 10 atom stereocenters. The van der Waals surface area contributed by atoms with E-state index in [1.165, 1.54) is 6.07 Å². The smallest absolute Gasteiger partial charge is 0.340 e. The Bertz CT molecular complexity index is 1750. The number of ether oxygens (including phenoxy) is 4. The van der Waals surface area contributed by atoms with Crippen molar-refractivity contribution in [1.82, 2.24) is 0 Å². The van der Waals surface area contributed by atoms with Gasteiger partial charge in [-0.1, -0.05) is 0 Å². The monoisotopic (exact) mass is 682 g/mol. The highest BCUT2D eigenvalue weighted by atomic mass is 16.7. The van der Waals surface area contributed by atoms with E-state index in [4.69, 9.17) is 23.4 Å². The van der Waals surface area contributed by atoms with Crippen LogP contribution in [0.3, 0.4) is 0 Å². The molecule has 2 aliphatic heterocycles. The molecular weight excluding hydrogens is 652 g/mol. The number of aliphatic hydroxyl groups excluding tert-OH is 7. The summed E-state index contributed by atoms with van der Waals surface area (Å²) in [5.74, 6) is -5.63. The Morgan fingerprint density at radius 1 is 0.750 bits per heavy atom. The predicted octanol–water partition coefficient (Wildman–Crippen LogP) is -3.27. The fraction of sp³-hybridized carbons (Fsp3) is 0.414. The van der Waals surface area contributed by atoms with Crippen LogP contribution in [0.4, 0.5) is 0 Å². The molecule has 0 amide bonds. The summed E-state index contributed by atoms with van der Waals surface area (Å²) in [6, 6.07) is 5.37. The van der Waals surface area contributed by atoms with E-state index >= 15 is 0 Å². The van der Waals surface area contributed by atoms with E-state index < -0.39 is 96.0 Å². The van der Waals surface area contributed by atoms with Gasteiger partial charge in [-0.15, -0.1) is 0 Å². The zero-order valence-electron chi connectivity index (χ0n) is 24.3. The summed E-state index contributed by atoms with van der Waals surface area (Å²) in [5.41, 5.74) is -0.821. The van der Waals surface area contributed by atoms with Gasteiger partial charge in [-0.25, -0.2) is 9.59 Å². The lowest BCUT2D eigenvalue weighted by molar-refractivity contribution is -0.302. The maximum absolute atomic E-state index is 12.9. The number of fused-ring (bicyclic) bond motifs is 1. The Morgan fingerprint density at radius 3 is 2.02 bits per heavy atom. The van der Waals surface area contributed by atoms with Crippen LogP contribution in [-0.4, -0.2) is 136 Å². The van der Waals surface area contributed by atoms with Crippen LogP contribution < -0.4 is 10.2 Å². The van der Waals surface area contributed by atoms with Gasteiger partial charge in [-0.05, 0) is 18.6 Å². The number of carbonyl (C=O) groups is 2. The fourth-order valence-corrected chi connectivity index (χ4v) is 5.19. The number of esters is 1. The normalized spacial score (nSPS) is 30.6. The molecule has 5 rings (SSSR count). The number of phenols is 3. The summed E-state index contributed by atoms with van der Waals surface area (Å²) in [4.78, 5) is 37.2. The molecule has 19 heteroatoms. The van der Waals surface area contributed by atoms with Crippen LogP contribution in [0.15, 0.2) is 39.5 Å². The lowest BCUT2D eigenvalue weighted by Crippen LogP contribution is -2.63. The van der Waals surface area contributed by atoms with E-state index in [-0.39, 0.29) is 46.6 Å². The number of carboxylic acids is 1. The molecule has 10 unspecified atom stereocenters. The van der Waals surface area contributed by atoms with E-state index in [1.54, 1.807) is 0 Å². The molecule has 0 saturated carbocycles. The number of aromatic hydroxyl groups is 3. The van der Waals surface area contributed by atoms with Gasteiger partial charge in [0.25, 0.3) is 0 Å². The maximum Gasteiger partial charge on any atom is 0.340 e. The average molecular weight is 683 g/mol. The van der Waals surface area contributed by atoms with Gasteiger partial charge in [0.1, 0.15) is 64.9 Å². The Hall–Kier alpha value is -4.57. The third-order valence-electron chi connectivity index (χ3n) is 7.72. The third kappa shape index (κ3) is 6.45. The molecule has 260 valence electrons. The standard InChI is InChI=1S/C29H30O19/c30-2-1-8-3-9(4-13(33)17(8)34)14-7-12(32)16-11(31)5-10(6-15(16)45-14)44-28-22(39)19(36)21(38)25(47-28)27(43)48-29-23(40)18(35)20(37)24(46-29)26(41)42/h3-7,18-25,28-31,33-40H,1-2H2,(H,41,42). The Kier molecular flexibility index (Phi) is 9.78. The summed E-state index contributed by atoms with van der Waals surface area (Å²) in [7, 11) is 0. The lowest BCUT2D eigenvalue weighted by atomic mass is 9.98. The number of aliphatic hydroxyl groups is 7. The molecule has 48 heavy (non-hydrogen) atoms. The number of carboxylic acid groups (broad SMARTS) is 1. The zero-order valence-corrected chi connectivity index (χ0v) is 24.3. The minimum Gasteiger partial charge on any atom is -0.507 e. The van der Waals surface area contributed by atoms with Crippen molar-refractivity contribution >= 4 is 22.9 Å². The molecule has 0 bridgehead atoms. The first-order valence-electron chi connectivity index (χ1n) is 14.1. The third-order valence-corrected chi connectivity index (χ3v) is 7.72. The fourth-order valence-electron chi connectivity index (χ4n) is 5.19. The van der Waals surface area contributed by atoms with Crippen molar-refractivity contribution in [1.29, 1.82) is 0 Å². The molecule has 2 aliphatic rings.